The van der Waals surface area contributed by atoms with Gasteiger partial charge in [-0.3, -0.25) is 33.7 Å². The molecule has 0 aliphatic carbocycles. The summed E-state index contributed by atoms with van der Waals surface area (Å²) in [6, 6.07) is 6.96. The van der Waals surface area contributed by atoms with E-state index < -0.39 is 17.9 Å². The highest BCUT2D eigenvalue weighted by Gasteiger charge is 2.20. The van der Waals surface area contributed by atoms with Crippen LogP contribution in [0.15, 0.2) is 48.8 Å². The number of benzene rings is 1. The minimum absolute atomic E-state index is 0.0120. The molecule has 0 aromatic heterocycles. The number of imide groups is 2. The molecule has 47 heavy (non-hydrogen) atoms. The van der Waals surface area contributed by atoms with E-state index >= 15 is 0 Å². The third-order valence-corrected chi connectivity index (χ3v) is 6.77. The third kappa shape index (κ3) is 17.7. The molecule has 0 bridgehead atoms. The number of allylic oxidation sites excluding steroid dienone is 1. The Labute approximate surface area is 278 Å². The normalized spacial score (nSPS) is 11.3. The fourth-order valence-electron chi connectivity index (χ4n) is 4.28. The lowest BCUT2D eigenvalue weighted by Gasteiger charge is -2.19. The number of carbonyl (C=O) groups excluding carboxylic acids is 6. The third-order valence-electron chi connectivity index (χ3n) is 6.77. The maximum Gasteiger partial charge on any atom is 0.263 e. The van der Waals surface area contributed by atoms with E-state index in [2.05, 4.69) is 29.5 Å². The Morgan fingerprint density at radius 1 is 0.936 bits per heavy atom. The van der Waals surface area contributed by atoms with E-state index in [1.165, 1.54) is 6.08 Å². The Bertz CT molecular complexity index is 1170. The second-order valence-electron chi connectivity index (χ2n) is 10.8. The van der Waals surface area contributed by atoms with Crippen LogP contribution >= 0.6 is 0 Å². The van der Waals surface area contributed by atoms with Crippen molar-refractivity contribution in [3.05, 3.63) is 54.3 Å². The standard InChI is InChI=1S/C34H51N5O8/c1-5-8-9-14-30(37-31(42)15-10-22-38(25-40)32(43)12-6-2)34(45)36-21-11-20-35-29-18-16-28(17-19-29)24-46-23-27(4)47-39(26-41)33(44)13-7-3/h6,12,16-19,25-26,30,35H,4-5,7-11,13-15,20-24H2,1-3H3,(H,36,45)(H,37,42)/b12-6-/t30-/m0/s1. The molecule has 1 atom stereocenters. The number of hydrogen-bond acceptors (Lipinski definition) is 9. The summed E-state index contributed by atoms with van der Waals surface area (Å²) in [5, 5.41) is 9.64. The quantitative estimate of drug-likeness (QED) is 0.0443. The number of carbonyl (C=O) groups is 6. The van der Waals surface area contributed by atoms with E-state index in [0.717, 1.165) is 35.4 Å². The summed E-state index contributed by atoms with van der Waals surface area (Å²) >= 11 is 0. The van der Waals surface area contributed by atoms with Crippen molar-refractivity contribution in [2.24, 2.45) is 0 Å². The van der Waals surface area contributed by atoms with Crippen molar-refractivity contribution in [3.8, 4) is 0 Å². The molecule has 0 saturated heterocycles. The van der Waals surface area contributed by atoms with Crippen LogP contribution in [0.4, 0.5) is 5.69 Å². The summed E-state index contributed by atoms with van der Waals surface area (Å²) in [6.45, 7) is 10.7. The zero-order valence-corrected chi connectivity index (χ0v) is 28.0. The zero-order chi connectivity index (χ0) is 34.9. The molecule has 1 aromatic carbocycles. The van der Waals surface area contributed by atoms with Gasteiger partial charge in [0.2, 0.25) is 18.2 Å². The molecular weight excluding hydrogens is 606 g/mol. The second-order valence-corrected chi connectivity index (χ2v) is 10.8. The highest BCUT2D eigenvalue weighted by molar-refractivity contribution is 5.94. The lowest BCUT2D eigenvalue weighted by atomic mass is 10.1. The molecule has 0 radical (unpaired) electrons. The van der Waals surface area contributed by atoms with Gasteiger partial charge in [-0.2, -0.15) is 0 Å². The van der Waals surface area contributed by atoms with Gasteiger partial charge < -0.3 is 25.5 Å². The van der Waals surface area contributed by atoms with Crippen molar-refractivity contribution < 1.29 is 38.3 Å². The van der Waals surface area contributed by atoms with Crippen molar-refractivity contribution in [3.63, 3.8) is 0 Å². The average Bonchev–Trinajstić information content (AvgIpc) is 3.05. The minimum Gasteiger partial charge on any atom is -0.385 e. The van der Waals surface area contributed by atoms with Gasteiger partial charge in [0.25, 0.3) is 18.2 Å². The highest BCUT2D eigenvalue weighted by Crippen LogP contribution is 2.12. The maximum absolute atomic E-state index is 12.9. The van der Waals surface area contributed by atoms with Crippen LogP contribution in [0.2, 0.25) is 0 Å². The van der Waals surface area contributed by atoms with E-state index in [0.29, 0.717) is 56.7 Å². The molecule has 13 nitrogen and oxygen atoms in total. The van der Waals surface area contributed by atoms with Crippen LogP contribution < -0.4 is 16.0 Å². The second kappa shape index (κ2) is 24.7. The van der Waals surface area contributed by atoms with Gasteiger partial charge in [0.15, 0.2) is 5.76 Å². The lowest BCUT2D eigenvalue weighted by molar-refractivity contribution is -0.177. The number of unbranched alkanes of at least 4 members (excludes halogenated alkanes) is 2. The Morgan fingerprint density at radius 2 is 1.68 bits per heavy atom. The average molecular weight is 658 g/mol. The number of nitrogens with zero attached hydrogens (tertiary/aromatic N) is 2. The van der Waals surface area contributed by atoms with E-state index in [9.17, 15) is 28.8 Å². The summed E-state index contributed by atoms with van der Waals surface area (Å²) in [7, 11) is 0. The maximum atomic E-state index is 12.9. The highest BCUT2D eigenvalue weighted by atomic mass is 16.7. The Hall–Kier alpha value is -4.52. The first-order valence-corrected chi connectivity index (χ1v) is 16.2. The van der Waals surface area contributed by atoms with Crippen LogP contribution in [0, 0.1) is 0 Å². The van der Waals surface area contributed by atoms with E-state index in [4.69, 9.17) is 9.57 Å². The van der Waals surface area contributed by atoms with E-state index in [1.54, 1.807) is 13.0 Å². The number of ether oxygens (including phenoxy) is 1. The molecule has 0 saturated carbocycles. The van der Waals surface area contributed by atoms with Crippen molar-refractivity contribution in [1.29, 1.82) is 0 Å². The first kappa shape index (κ1) is 40.5. The zero-order valence-electron chi connectivity index (χ0n) is 28.0. The summed E-state index contributed by atoms with van der Waals surface area (Å²) in [4.78, 5) is 77.4. The molecule has 0 aliphatic heterocycles. The summed E-state index contributed by atoms with van der Waals surface area (Å²) in [5.41, 5.74) is 1.80. The number of anilines is 1. The van der Waals surface area contributed by atoms with Crippen LogP contribution in [0.1, 0.15) is 84.1 Å². The van der Waals surface area contributed by atoms with Gasteiger partial charge in [-0.1, -0.05) is 57.9 Å². The Balaban J connectivity index is 2.41. The number of hydroxylamine groups is 2. The van der Waals surface area contributed by atoms with Crippen LogP contribution in [0.5, 0.6) is 0 Å². The molecule has 0 heterocycles. The van der Waals surface area contributed by atoms with Gasteiger partial charge in [0, 0.05) is 38.2 Å². The number of amides is 6. The molecule has 3 N–H and O–H groups in total. The van der Waals surface area contributed by atoms with Crippen molar-refractivity contribution in [2.75, 3.05) is 31.6 Å². The van der Waals surface area contributed by atoms with Gasteiger partial charge in [-0.25, -0.2) is 0 Å². The molecule has 1 rings (SSSR count). The van der Waals surface area contributed by atoms with E-state index in [-0.39, 0.29) is 50.2 Å². The van der Waals surface area contributed by atoms with Gasteiger partial charge in [0.05, 0.1) is 6.61 Å². The lowest BCUT2D eigenvalue weighted by Crippen LogP contribution is -2.47. The van der Waals surface area contributed by atoms with Crippen LogP contribution in [-0.4, -0.2) is 78.7 Å². The Morgan fingerprint density at radius 3 is 2.32 bits per heavy atom. The number of hydrogen-bond donors (Lipinski definition) is 3. The minimum atomic E-state index is -0.653. The van der Waals surface area contributed by atoms with Crippen LogP contribution in [0.25, 0.3) is 0 Å². The SMILES string of the molecule is C=C(COCc1ccc(NCCCNC(=O)[C@H](CCCCC)NC(=O)CCCN(C=O)C(=O)/C=C\C)cc1)ON(C=O)C(=O)CCC. The molecule has 6 amide bonds. The molecule has 0 fully saturated rings. The van der Waals surface area contributed by atoms with Gasteiger partial charge >= 0.3 is 0 Å². The predicted octanol–water partition coefficient (Wildman–Crippen LogP) is 3.76. The summed E-state index contributed by atoms with van der Waals surface area (Å²) in [5.74, 6) is -1.29. The van der Waals surface area contributed by atoms with Gasteiger partial charge in [0.1, 0.15) is 12.6 Å². The van der Waals surface area contributed by atoms with Crippen LogP contribution in [-0.2, 0) is 44.9 Å². The summed E-state index contributed by atoms with van der Waals surface area (Å²) in [6.07, 6.45) is 8.67. The molecule has 0 spiro atoms. The molecule has 0 aliphatic rings. The largest absolute Gasteiger partial charge is 0.385 e. The monoisotopic (exact) mass is 657 g/mol. The van der Waals surface area contributed by atoms with Crippen LogP contribution in [0.3, 0.4) is 0 Å². The predicted molar refractivity (Wildman–Crippen MR) is 178 cm³/mol. The van der Waals surface area contributed by atoms with Gasteiger partial charge in [-0.15, -0.1) is 5.06 Å². The first-order valence-electron chi connectivity index (χ1n) is 16.2. The smallest absolute Gasteiger partial charge is 0.263 e. The Kier molecular flexibility index (Phi) is 21.3. The molecular formula is C34H51N5O8. The number of nitrogens with one attached hydrogen (secondary N) is 3. The topological polar surface area (TPSA) is 163 Å². The molecule has 13 heteroatoms. The van der Waals surface area contributed by atoms with Crippen molar-refractivity contribution in [1.82, 2.24) is 20.6 Å². The van der Waals surface area contributed by atoms with Gasteiger partial charge in [-0.05, 0) is 56.4 Å². The number of rotatable bonds is 26. The molecule has 260 valence electrons. The fourth-order valence-corrected chi connectivity index (χ4v) is 4.28. The molecule has 0 unspecified atom stereocenters. The molecule has 1 aromatic rings. The van der Waals surface area contributed by atoms with E-state index in [1.807, 2.05) is 31.2 Å². The first-order chi connectivity index (χ1) is 22.7. The fraction of sp³-hybridized carbons (Fsp3) is 0.529. The summed E-state index contributed by atoms with van der Waals surface area (Å²) < 4.78 is 5.57. The van der Waals surface area contributed by atoms with Crippen molar-refractivity contribution >= 4 is 42.1 Å². The van der Waals surface area contributed by atoms with Crippen molar-refractivity contribution in [2.45, 2.75) is 91.2 Å².